The number of nitrogens with one attached hydrogen (secondary N) is 2. The summed E-state index contributed by atoms with van der Waals surface area (Å²) in [4.78, 5) is 6.09. The van der Waals surface area contributed by atoms with Gasteiger partial charge in [-0.2, -0.15) is 0 Å². The van der Waals surface area contributed by atoms with E-state index >= 15 is 0 Å². The molecule has 32 heavy (non-hydrogen) atoms. The second-order valence-electron chi connectivity index (χ2n) is 9.24. The third kappa shape index (κ3) is 5.32. The van der Waals surface area contributed by atoms with Crippen molar-refractivity contribution in [2.45, 2.75) is 25.4 Å². The second-order valence-corrected chi connectivity index (χ2v) is 9.24. The molecule has 0 aromatic heterocycles. The van der Waals surface area contributed by atoms with Crippen LogP contribution in [0.1, 0.15) is 18.4 Å². The highest BCUT2D eigenvalue weighted by molar-refractivity contribution is 5.46. The molecule has 0 unspecified atom stereocenters. The number of quaternary nitrogens is 2. The molecule has 166 valence electrons. The number of para-hydroxylation sites is 2. The number of benzene rings is 3. The van der Waals surface area contributed by atoms with Gasteiger partial charge in [0.15, 0.2) is 0 Å². The van der Waals surface area contributed by atoms with E-state index in [1.54, 1.807) is 4.90 Å². The van der Waals surface area contributed by atoms with Gasteiger partial charge in [0.05, 0.1) is 45.3 Å². The smallest absolute Gasteiger partial charge is 0.127 e. The van der Waals surface area contributed by atoms with Crippen molar-refractivity contribution >= 4 is 5.69 Å². The number of hydrogen-bond donors (Lipinski definition) is 2. The number of anilines is 1. The van der Waals surface area contributed by atoms with Gasteiger partial charge < -0.3 is 19.4 Å². The molecule has 2 aliphatic heterocycles. The SMILES string of the molecule is c1ccc(Oc2cccc(C[NH+]3CCC([NH+]4CCN(c5ccccc5)CC4)CC3)c2)cc1. The summed E-state index contributed by atoms with van der Waals surface area (Å²) in [5.74, 6) is 1.83. The predicted octanol–water partition coefficient (Wildman–Crippen LogP) is 2.43. The molecule has 2 saturated heterocycles. The summed E-state index contributed by atoms with van der Waals surface area (Å²) < 4.78 is 6.03. The number of piperidine rings is 1. The molecule has 2 heterocycles. The van der Waals surface area contributed by atoms with E-state index in [9.17, 15) is 0 Å². The van der Waals surface area contributed by atoms with Crippen LogP contribution in [0.5, 0.6) is 11.5 Å². The van der Waals surface area contributed by atoms with Gasteiger partial charge in [-0.3, -0.25) is 0 Å². The maximum atomic E-state index is 6.03. The Bertz CT molecular complexity index is 962. The fourth-order valence-electron chi connectivity index (χ4n) is 5.34. The van der Waals surface area contributed by atoms with Crippen LogP contribution in [-0.2, 0) is 6.54 Å². The fourth-order valence-corrected chi connectivity index (χ4v) is 5.34. The zero-order chi connectivity index (χ0) is 21.6. The van der Waals surface area contributed by atoms with Crippen LogP contribution in [0.25, 0.3) is 0 Å². The number of piperazine rings is 1. The topological polar surface area (TPSA) is 21.4 Å². The molecule has 0 spiro atoms. The maximum Gasteiger partial charge on any atom is 0.127 e. The van der Waals surface area contributed by atoms with E-state index in [0.29, 0.717) is 0 Å². The van der Waals surface area contributed by atoms with Crippen molar-refractivity contribution in [2.24, 2.45) is 0 Å². The zero-order valence-corrected chi connectivity index (χ0v) is 18.9. The van der Waals surface area contributed by atoms with E-state index in [0.717, 1.165) is 24.1 Å². The van der Waals surface area contributed by atoms with E-state index in [4.69, 9.17) is 4.74 Å². The minimum absolute atomic E-state index is 0.837. The third-order valence-corrected chi connectivity index (χ3v) is 7.13. The van der Waals surface area contributed by atoms with Crippen LogP contribution in [0.3, 0.4) is 0 Å². The third-order valence-electron chi connectivity index (χ3n) is 7.13. The molecule has 2 fully saturated rings. The van der Waals surface area contributed by atoms with Crippen LogP contribution in [0.2, 0.25) is 0 Å². The molecule has 0 bridgehead atoms. The minimum atomic E-state index is 0.837. The zero-order valence-electron chi connectivity index (χ0n) is 18.9. The molecule has 0 radical (unpaired) electrons. The lowest BCUT2D eigenvalue weighted by atomic mass is 10.0. The van der Waals surface area contributed by atoms with Crippen LogP contribution in [0.4, 0.5) is 5.69 Å². The van der Waals surface area contributed by atoms with Crippen LogP contribution in [0.15, 0.2) is 84.9 Å². The lowest BCUT2D eigenvalue weighted by Gasteiger charge is -2.39. The van der Waals surface area contributed by atoms with Crippen molar-refractivity contribution in [1.82, 2.24) is 0 Å². The highest BCUT2D eigenvalue weighted by Gasteiger charge is 2.32. The molecule has 3 aromatic rings. The Morgan fingerprint density at radius 2 is 1.38 bits per heavy atom. The first-order valence-electron chi connectivity index (χ1n) is 12.1. The van der Waals surface area contributed by atoms with E-state index in [-0.39, 0.29) is 0 Å². The summed E-state index contributed by atoms with van der Waals surface area (Å²) in [5, 5.41) is 0. The summed E-state index contributed by atoms with van der Waals surface area (Å²) in [5.41, 5.74) is 2.75. The quantitative estimate of drug-likeness (QED) is 0.628. The van der Waals surface area contributed by atoms with Crippen molar-refractivity contribution in [1.29, 1.82) is 0 Å². The average molecular weight is 430 g/mol. The van der Waals surface area contributed by atoms with Gasteiger partial charge in [-0.25, -0.2) is 0 Å². The van der Waals surface area contributed by atoms with Crippen molar-refractivity contribution in [2.75, 3.05) is 44.2 Å². The number of hydrogen-bond acceptors (Lipinski definition) is 2. The minimum Gasteiger partial charge on any atom is -0.457 e. The van der Waals surface area contributed by atoms with Gasteiger partial charge in [-0.05, 0) is 36.4 Å². The van der Waals surface area contributed by atoms with Gasteiger partial charge >= 0.3 is 0 Å². The summed E-state index contributed by atoms with van der Waals surface area (Å²) >= 11 is 0. The lowest BCUT2D eigenvalue weighted by molar-refractivity contribution is -0.963. The molecule has 3 aromatic carbocycles. The number of nitrogens with zero attached hydrogens (tertiary/aromatic N) is 1. The van der Waals surface area contributed by atoms with Crippen LogP contribution in [-0.4, -0.2) is 45.3 Å². The Balaban J connectivity index is 1.09. The van der Waals surface area contributed by atoms with E-state index in [1.165, 1.54) is 63.4 Å². The largest absolute Gasteiger partial charge is 0.457 e. The molecule has 2 aliphatic rings. The maximum absolute atomic E-state index is 6.03. The van der Waals surface area contributed by atoms with Gasteiger partial charge in [0.25, 0.3) is 0 Å². The Morgan fingerprint density at radius 1 is 0.719 bits per heavy atom. The molecular weight excluding hydrogens is 394 g/mol. The van der Waals surface area contributed by atoms with E-state index in [2.05, 4.69) is 59.5 Å². The summed E-state index contributed by atoms with van der Waals surface area (Å²) in [6.45, 7) is 8.55. The first-order valence-corrected chi connectivity index (χ1v) is 12.1. The second kappa shape index (κ2) is 10.2. The Morgan fingerprint density at radius 3 is 2.09 bits per heavy atom. The number of rotatable bonds is 6. The van der Waals surface area contributed by atoms with Crippen molar-refractivity contribution < 1.29 is 14.5 Å². The monoisotopic (exact) mass is 429 g/mol. The van der Waals surface area contributed by atoms with Crippen LogP contribution in [0, 0.1) is 0 Å². The predicted molar refractivity (Wildman–Crippen MR) is 130 cm³/mol. The molecule has 4 heteroatoms. The first-order chi connectivity index (χ1) is 15.8. The van der Waals surface area contributed by atoms with Gasteiger partial charge in [0, 0.05) is 24.1 Å². The van der Waals surface area contributed by atoms with Crippen LogP contribution < -0.4 is 19.4 Å². The van der Waals surface area contributed by atoms with Crippen LogP contribution >= 0.6 is 0 Å². The Labute approximate surface area is 192 Å². The molecule has 0 saturated carbocycles. The van der Waals surface area contributed by atoms with Gasteiger partial charge in [0.1, 0.15) is 18.0 Å². The van der Waals surface area contributed by atoms with Gasteiger partial charge in [-0.15, -0.1) is 0 Å². The van der Waals surface area contributed by atoms with Crippen molar-refractivity contribution in [3.63, 3.8) is 0 Å². The van der Waals surface area contributed by atoms with Gasteiger partial charge in [0.2, 0.25) is 0 Å². The first kappa shape index (κ1) is 21.0. The molecule has 0 amide bonds. The molecule has 0 atom stereocenters. The van der Waals surface area contributed by atoms with E-state index in [1.807, 2.05) is 35.2 Å². The van der Waals surface area contributed by atoms with Crippen molar-refractivity contribution in [3.8, 4) is 11.5 Å². The molecular formula is C28H35N3O+2. The number of ether oxygens (including phenoxy) is 1. The normalized spacial score (nSPS) is 21.9. The van der Waals surface area contributed by atoms with Gasteiger partial charge in [-0.1, -0.05) is 48.5 Å². The van der Waals surface area contributed by atoms with E-state index < -0.39 is 0 Å². The molecule has 0 aliphatic carbocycles. The summed E-state index contributed by atoms with van der Waals surface area (Å²) in [7, 11) is 0. The highest BCUT2D eigenvalue weighted by atomic mass is 16.5. The molecule has 2 N–H and O–H groups in total. The summed E-state index contributed by atoms with van der Waals surface area (Å²) in [6, 6.07) is 30.4. The fraction of sp³-hybridized carbons (Fsp3) is 0.357. The number of likely N-dealkylation sites (tertiary alicyclic amines) is 1. The molecule has 5 rings (SSSR count). The standard InChI is InChI=1S/C28H33N3O/c1-3-9-25(10-4-1)30-18-20-31(21-19-30)26-14-16-29(17-15-26)23-24-8-7-13-28(22-24)32-27-11-5-2-6-12-27/h1-13,22,26H,14-21,23H2/p+2. The average Bonchev–Trinajstić information content (AvgIpc) is 2.86. The molecule has 4 nitrogen and oxygen atoms in total. The Hall–Kier alpha value is -2.82. The highest BCUT2D eigenvalue weighted by Crippen LogP contribution is 2.21. The lowest BCUT2D eigenvalue weighted by Crippen LogP contribution is -3.21. The van der Waals surface area contributed by atoms with Crippen molar-refractivity contribution in [3.05, 3.63) is 90.5 Å². The Kier molecular flexibility index (Phi) is 6.71. The summed E-state index contributed by atoms with van der Waals surface area (Å²) in [6.07, 6.45) is 2.69.